The Labute approximate surface area is 197 Å². The van der Waals surface area contributed by atoms with E-state index in [4.69, 9.17) is 0 Å². The smallest absolute Gasteiger partial charge is 0.242 e. The van der Waals surface area contributed by atoms with Crippen LogP contribution < -0.4 is 5.32 Å². The van der Waals surface area contributed by atoms with E-state index in [-0.39, 0.29) is 17.9 Å². The highest BCUT2D eigenvalue weighted by atomic mass is 32.2. The first-order valence-corrected chi connectivity index (χ1v) is 13.0. The Morgan fingerprint density at radius 1 is 1.00 bits per heavy atom. The summed E-state index contributed by atoms with van der Waals surface area (Å²) in [6.45, 7) is 4.37. The van der Waals surface area contributed by atoms with Gasteiger partial charge >= 0.3 is 0 Å². The van der Waals surface area contributed by atoms with Crippen molar-refractivity contribution >= 4 is 23.6 Å². The van der Waals surface area contributed by atoms with Crippen molar-refractivity contribution in [3.05, 3.63) is 71.3 Å². The van der Waals surface area contributed by atoms with Crippen LogP contribution in [0.1, 0.15) is 62.1 Å². The number of nitrogens with zero attached hydrogens (tertiary/aromatic N) is 1. The molecule has 1 saturated carbocycles. The molecule has 172 valence electrons. The molecule has 0 aliphatic heterocycles. The first-order valence-electron chi connectivity index (χ1n) is 11.8. The number of amides is 2. The third-order valence-corrected chi connectivity index (χ3v) is 7.19. The molecule has 0 bridgehead atoms. The van der Waals surface area contributed by atoms with Crippen molar-refractivity contribution < 1.29 is 9.59 Å². The molecule has 3 rings (SSSR count). The predicted octanol–water partition coefficient (Wildman–Crippen LogP) is 5.48. The van der Waals surface area contributed by atoms with E-state index in [1.165, 1.54) is 30.4 Å². The summed E-state index contributed by atoms with van der Waals surface area (Å²) >= 11 is 1.76. The van der Waals surface area contributed by atoms with Crippen LogP contribution in [0.5, 0.6) is 0 Å². The van der Waals surface area contributed by atoms with E-state index in [9.17, 15) is 9.59 Å². The van der Waals surface area contributed by atoms with Gasteiger partial charge in [0.25, 0.3) is 0 Å². The lowest BCUT2D eigenvalue weighted by Crippen LogP contribution is -2.50. The topological polar surface area (TPSA) is 49.4 Å². The maximum atomic E-state index is 13.2. The minimum Gasteiger partial charge on any atom is -0.352 e. The number of nitrogens with one attached hydrogen (secondary N) is 1. The van der Waals surface area contributed by atoms with Gasteiger partial charge in [-0.1, -0.05) is 79.4 Å². The van der Waals surface area contributed by atoms with Crippen LogP contribution in [0.3, 0.4) is 0 Å². The first kappa shape index (κ1) is 24.4. The zero-order valence-corrected chi connectivity index (χ0v) is 20.2. The summed E-state index contributed by atoms with van der Waals surface area (Å²) in [7, 11) is 0. The van der Waals surface area contributed by atoms with Crippen LogP contribution in [-0.4, -0.2) is 34.6 Å². The molecule has 0 radical (unpaired) electrons. The molecule has 32 heavy (non-hydrogen) atoms. The molecule has 1 aliphatic carbocycles. The molecule has 0 saturated heterocycles. The van der Waals surface area contributed by atoms with Crippen molar-refractivity contribution in [2.24, 2.45) is 0 Å². The van der Waals surface area contributed by atoms with Crippen LogP contribution in [-0.2, 0) is 21.9 Å². The monoisotopic (exact) mass is 452 g/mol. The third kappa shape index (κ3) is 7.70. The van der Waals surface area contributed by atoms with Gasteiger partial charge in [0.05, 0.1) is 0 Å². The number of thioether (sulfide) groups is 1. The van der Waals surface area contributed by atoms with Gasteiger partial charge in [-0.05, 0) is 37.8 Å². The highest BCUT2D eigenvalue weighted by molar-refractivity contribution is 7.98. The minimum atomic E-state index is -0.482. The lowest BCUT2D eigenvalue weighted by molar-refractivity contribution is -0.140. The molecule has 4 nitrogen and oxygen atoms in total. The summed E-state index contributed by atoms with van der Waals surface area (Å²) < 4.78 is 0. The standard InChI is InChI=1S/C27H36N2O2S/c1-21-13-15-23(16-14-21)19-29(22(2)27(31)28-25-11-7-4-8-12-25)26(30)17-18-32-20-24-9-5-3-6-10-24/h3,5-6,9-10,13-16,22,25H,4,7-8,11-12,17-20H2,1-2H3,(H,28,31)/t22-/m0/s1. The van der Waals surface area contributed by atoms with Crippen LogP contribution in [0.2, 0.25) is 0 Å². The Bertz CT molecular complexity index is 848. The maximum absolute atomic E-state index is 13.2. The van der Waals surface area contributed by atoms with Crippen molar-refractivity contribution in [3.63, 3.8) is 0 Å². The number of benzene rings is 2. The number of hydrogen-bond acceptors (Lipinski definition) is 3. The van der Waals surface area contributed by atoms with Gasteiger partial charge < -0.3 is 10.2 Å². The van der Waals surface area contributed by atoms with Crippen LogP contribution in [0.25, 0.3) is 0 Å². The van der Waals surface area contributed by atoms with E-state index in [0.717, 1.165) is 29.9 Å². The van der Waals surface area contributed by atoms with Crippen molar-refractivity contribution in [2.75, 3.05) is 5.75 Å². The van der Waals surface area contributed by atoms with E-state index in [1.54, 1.807) is 16.7 Å². The second kappa shape index (κ2) is 12.7. The molecule has 2 aromatic rings. The summed E-state index contributed by atoms with van der Waals surface area (Å²) in [4.78, 5) is 28.0. The highest BCUT2D eigenvalue weighted by Crippen LogP contribution is 2.19. The van der Waals surface area contributed by atoms with Gasteiger partial charge in [0.2, 0.25) is 11.8 Å². The molecule has 2 aromatic carbocycles. The molecule has 0 heterocycles. The first-order chi connectivity index (χ1) is 15.5. The summed E-state index contributed by atoms with van der Waals surface area (Å²) in [6.07, 6.45) is 6.11. The molecular formula is C27H36N2O2S. The fraction of sp³-hybridized carbons (Fsp3) is 0.481. The van der Waals surface area contributed by atoms with Crippen molar-refractivity contribution in [2.45, 2.75) is 76.8 Å². The Morgan fingerprint density at radius 3 is 2.38 bits per heavy atom. The molecule has 1 atom stereocenters. The Balaban J connectivity index is 1.59. The molecule has 0 aromatic heterocycles. The molecule has 1 N–H and O–H groups in total. The van der Waals surface area contributed by atoms with Gasteiger partial charge in [0, 0.05) is 30.5 Å². The van der Waals surface area contributed by atoms with E-state index in [1.807, 2.05) is 37.3 Å². The van der Waals surface area contributed by atoms with E-state index in [2.05, 4.69) is 36.5 Å². The normalized spacial score (nSPS) is 15.2. The lowest BCUT2D eigenvalue weighted by Gasteiger charge is -2.31. The van der Waals surface area contributed by atoms with Gasteiger partial charge in [-0.3, -0.25) is 9.59 Å². The van der Waals surface area contributed by atoms with Crippen LogP contribution in [0, 0.1) is 6.92 Å². The third-order valence-electron chi connectivity index (χ3n) is 6.16. The second-order valence-corrected chi connectivity index (χ2v) is 9.92. The average Bonchev–Trinajstić information content (AvgIpc) is 2.82. The molecule has 2 amide bonds. The summed E-state index contributed by atoms with van der Waals surface area (Å²) in [5, 5.41) is 3.20. The Hall–Kier alpha value is -2.27. The lowest BCUT2D eigenvalue weighted by atomic mass is 9.95. The van der Waals surface area contributed by atoms with Gasteiger partial charge in [-0.15, -0.1) is 0 Å². The summed E-state index contributed by atoms with van der Waals surface area (Å²) in [6, 6.07) is 18.3. The van der Waals surface area contributed by atoms with Gasteiger partial charge in [0.15, 0.2) is 0 Å². The summed E-state index contributed by atoms with van der Waals surface area (Å²) in [5.74, 6) is 1.64. The number of carbonyl (C=O) groups is 2. The molecule has 0 unspecified atom stereocenters. The zero-order chi connectivity index (χ0) is 22.8. The highest BCUT2D eigenvalue weighted by Gasteiger charge is 2.27. The molecule has 1 fully saturated rings. The number of rotatable bonds is 10. The average molecular weight is 453 g/mol. The largest absolute Gasteiger partial charge is 0.352 e. The number of hydrogen-bond donors (Lipinski definition) is 1. The quantitative estimate of drug-likeness (QED) is 0.485. The SMILES string of the molecule is Cc1ccc(CN(C(=O)CCSCc2ccccc2)[C@@H](C)C(=O)NC2CCCCC2)cc1. The summed E-state index contributed by atoms with van der Waals surface area (Å²) in [5.41, 5.74) is 3.51. The van der Waals surface area contributed by atoms with E-state index < -0.39 is 6.04 Å². The second-order valence-electron chi connectivity index (χ2n) is 8.81. The number of aryl methyl sites for hydroxylation is 1. The van der Waals surface area contributed by atoms with Gasteiger partial charge in [-0.2, -0.15) is 11.8 Å². The van der Waals surface area contributed by atoms with Crippen LogP contribution in [0.15, 0.2) is 54.6 Å². The van der Waals surface area contributed by atoms with E-state index >= 15 is 0 Å². The predicted molar refractivity (Wildman–Crippen MR) is 133 cm³/mol. The fourth-order valence-electron chi connectivity index (χ4n) is 4.11. The molecule has 5 heteroatoms. The van der Waals surface area contributed by atoms with Gasteiger partial charge in [0.1, 0.15) is 6.04 Å². The van der Waals surface area contributed by atoms with E-state index in [0.29, 0.717) is 13.0 Å². The zero-order valence-electron chi connectivity index (χ0n) is 19.4. The molecular weight excluding hydrogens is 416 g/mol. The number of carbonyl (C=O) groups excluding carboxylic acids is 2. The van der Waals surface area contributed by atoms with Crippen molar-refractivity contribution in [1.29, 1.82) is 0 Å². The van der Waals surface area contributed by atoms with Gasteiger partial charge in [-0.25, -0.2) is 0 Å². The fourth-order valence-corrected chi connectivity index (χ4v) is 5.00. The van der Waals surface area contributed by atoms with Crippen molar-refractivity contribution in [3.8, 4) is 0 Å². The molecule has 1 aliphatic rings. The maximum Gasteiger partial charge on any atom is 0.242 e. The minimum absolute atomic E-state index is 0.0331. The molecule has 0 spiro atoms. The Kier molecular flexibility index (Phi) is 9.66. The van der Waals surface area contributed by atoms with Crippen LogP contribution in [0.4, 0.5) is 0 Å². The van der Waals surface area contributed by atoms with Crippen molar-refractivity contribution in [1.82, 2.24) is 10.2 Å². The van der Waals surface area contributed by atoms with Crippen LogP contribution >= 0.6 is 11.8 Å². The Morgan fingerprint density at radius 2 is 1.69 bits per heavy atom.